The SMILES string of the molecule is Cc1ccc(C=NNC(=S)N=P(N2CCOCC2)(N2CCOCC2)C(C)(C)C)o1. The van der Waals surface area contributed by atoms with E-state index in [0.717, 1.165) is 31.9 Å². The predicted molar refractivity (Wildman–Crippen MR) is 121 cm³/mol. The van der Waals surface area contributed by atoms with Crippen LogP contribution in [0.1, 0.15) is 32.3 Å². The number of morpholine rings is 2. The van der Waals surface area contributed by atoms with Gasteiger partial charge in [-0.05, 0) is 31.3 Å². The van der Waals surface area contributed by atoms with Crippen molar-refractivity contribution < 1.29 is 13.9 Å². The molecule has 0 atom stereocenters. The van der Waals surface area contributed by atoms with Gasteiger partial charge < -0.3 is 13.9 Å². The van der Waals surface area contributed by atoms with Crippen molar-refractivity contribution in [2.75, 3.05) is 52.6 Å². The van der Waals surface area contributed by atoms with Crippen LogP contribution in [0.2, 0.25) is 0 Å². The molecule has 2 aliphatic heterocycles. The molecule has 29 heavy (non-hydrogen) atoms. The molecule has 2 aliphatic rings. The summed E-state index contributed by atoms with van der Waals surface area (Å²) in [6, 6.07) is 3.77. The minimum absolute atomic E-state index is 0.0880. The lowest BCUT2D eigenvalue weighted by Gasteiger charge is -2.52. The van der Waals surface area contributed by atoms with Crippen molar-refractivity contribution in [3.8, 4) is 0 Å². The summed E-state index contributed by atoms with van der Waals surface area (Å²) in [5.74, 6) is 1.52. The highest BCUT2D eigenvalue weighted by atomic mass is 32.1. The lowest BCUT2D eigenvalue weighted by molar-refractivity contribution is 0.0551. The molecule has 0 bridgehead atoms. The van der Waals surface area contributed by atoms with E-state index in [4.69, 9.17) is 30.9 Å². The summed E-state index contributed by atoms with van der Waals surface area (Å²) in [6.07, 6.45) is 1.62. The van der Waals surface area contributed by atoms with E-state index in [1.54, 1.807) is 6.21 Å². The van der Waals surface area contributed by atoms with Crippen LogP contribution < -0.4 is 5.43 Å². The van der Waals surface area contributed by atoms with Gasteiger partial charge in [-0.25, -0.2) is 4.74 Å². The lowest BCUT2D eigenvalue weighted by Crippen LogP contribution is -2.48. The second-order valence-electron chi connectivity index (χ2n) is 8.09. The highest BCUT2D eigenvalue weighted by Gasteiger charge is 2.45. The van der Waals surface area contributed by atoms with Gasteiger partial charge >= 0.3 is 0 Å². The van der Waals surface area contributed by atoms with E-state index in [1.165, 1.54) is 0 Å². The van der Waals surface area contributed by atoms with Crippen molar-refractivity contribution in [1.29, 1.82) is 0 Å². The summed E-state index contributed by atoms with van der Waals surface area (Å²) < 4.78 is 26.9. The first kappa shape index (κ1) is 22.6. The van der Waals surface area contributed by atoms with E-state index in [1.807, 2.05) is 19.1 Å². The Morgan fingerprint density at radius 1 is 1.07 bits per heavy atom. The van der Waals surface area contributed by atoms with Crippen LogP contribution in [0.15, 0.2) is 26.4 Å². The standard InChI is InChI=1S/C19H32N5O3PS/c1-16-5-6-17(27-16)15-20-21-18(29)22-28(19(2,3)4,23-7-11-25-12-8-23)24-9-13-26-14-10-24/h5-6,15H,7-14H2,1-4H3,(H,21,29). The van der Waals surface area contributed by atoms with Gasteiger partial charge in [-0.2, -0.15) is 5.10 Å². The molecule has 0 radical (unpaired) electrons. The zero-order valence-corrected chi connectivity index (χ0v) is 19.5. The smallest absolute Gasteiger partial charge is 0.214 e. The fourth-order valence-electron chi connectivity index (χ4n) is 3.79. The molecular weight excluding hydrogens is 409 g/mol. The predicted octanol–water partition coefficient (Wildman–Crippen LogP) is 3.29. The third kappa shape index (κ3) is 5.34. The van der Waals surface area contributed by atoms with Crippen LogP contribution in [0.25, 0.3) is 0 Å². The van der Waals surface area contributed by atoms with Gasteiger partial charge in [0.25, 0.3) is 0 Å². The maximum atomic E-state index is 5.62. The zero-order valence-electron chi connectivity index (χ0n) is 17.8. The Morgan fingerprint density at radius 2 is 1.62 bits per heavy atom. The van der Waals surface area contributed by atoms with Crippen molar-refractivity contribution in [2.45, 2.75) is 32.9 Å². The summed E-state index contributed by atoms with van der Waals surface area (Å²) in [7, 11) is -2.16. The van der Waals surface area contributed by atoms with Crippen molar-refractivity contribution in [1.82, 2.24) is 14.8 Å². The second kappa shape index (κ2) is 9.81. The van der Waals surface area contributed by atoms with E-state index in [2.05, 4.69) is 40.6 Å². The second-order valence-corrected chi connectivity index (χ2v) is 12.3. The average molecular weight is 442 g/mol. The summed E-state index contributed by atoms with van der Waals surface area (Å²) >= 11 is 5.62. The van der Waals surface area contributed by atoms with Gasteiger partial charge in [-0.3, -0.25) is 14.8 Å². The van der Waals surface area contributed by atoms with Crippen LogP contribution in [-0.4, -0.2) is 78.4 Å². The molecule has 1 aromatic heterocycles. The first-order valence-electron chi connectivity index (χ1n) is 10.0. The van der Waals surface area contributed by atoms with Gasteiger partial charge in [0.05, 0.1) is 32.6 Å². The van der Waals surface area contributed by atoms with Crippen LogP contribution in [0, 0.1) is 6.92 Å². The van der Waals surface area contributed by atoms with Gasteiger partial charge in [-0.1, -0.05) is 20.8 Å². The van der Waals surface area contributed by atoms with Gasteiger partial charge in [0.15, 0.2) is 0 Å². The summed E-state index contributed by atoms with van der Waals surface area (Å²) in [5, 5.41) is 4.55. The number of ether oxygens (including phenoxy) is 2. The van der Waals surface area contributed by atoms with Gasteiger partial charge in [0.2, 0.25) is 5.11 Å². The first-order chi connectivity index (χ1) is 13.8. The number of rotatable bonds is 4. The molecule has 8 nitrogen and oxygen atoms in total. The van der Waals surface area contributed by atoms with Gasteiger partial charge in [0.1, 0.15) is 18.9 Å². The minimum Gasteiger partial charge on any atom is -0.460 e. The number of nitrogens with zero attached hydrogens (tertiary/aromatic N) is 4. The zero-order chi connectivity index (χ0) is 20.9. The molecule has 0 amide bonds. The third-order valence-corrected chi connectivity index (χ3v) is 9.98. The Kier molecular flexibility index (Phi) is 7.64. The molecule has 0 spiro atoms. The number of hydrazone groups is 1. The number of hydrogen-bond donors (Lipinski definition) is 1. The van der Waals surface area contributed by atoms with Crippen LogP contribution in [-0.2, 0) is 9.47 Å². The average Bonchev–Trinajstić information content (AvgIpc) is 3.11. The molecular formula is C19H32N5O3PS. The van der Waals surface area contributed by atoms with Crippen molar-refractivity contribution in [3.63, 3.8) is 0 Å². The monoisotopic (exact) mass is 441 g/mol. The number of furan rings is 1. The molecule has 10 heteroatoms. The van der Waals surface area contributed by atoms with Crippen LogP contribution in [0.3, 0.4) is 0 Å². The molecule has 0 aliphatic carbocycles. The van der Waals surface area contributed by atoms with E-state index in [-0.39, 0.29) is 5.16 Å². The van der Waals surface area contributed by atoms with Crippen molar-refractivity contribution in [3.05, 3.63) is 23.7 Å². The molecule has 1 N–H and O–H groups in total. The summed E-state index contributed by atoms with van der Waals surface area (Å²) in [4.78, 5) is 0. The van der Waals surface area contributed by atoms with Crippen LogP contribution in [0.4, 0.5) is 0 Å². The molecule has 0 saturated carbocycles. The van der Waals surface area contributed by atoms with Gasteiger partial charge in [-0.15, -0.1) is 0 Å². The van der Waals surface area contributed by atoms with E-state index in [9.17, 15) is 0 Å². The molecule has 1 aromatic rings. The first-order valence-corrected chi connectivity index (χ1v) is 12.1. The Morgan fingerprint density at radius 3 is 2.07 bits per heavy atom. The molecule has 3 heterocycles. The maximum Gasteiger partial charge on any atom is 0.214 e. The molecule has 2 fully saturated rings. The van der Waals surface area contributed by atoms with E-state index >= 15 is 0 Å². The largest absolute Gasteiger partial charge is 0.460 e. The normalized spacial score (nSPS) is 20.1. The Labute approximate surface area is 178 Å². The molecule has 2 saturated heterocycles. The lowest BCUT2D eigenvalue weighted by atomic mass is 10.3. The van der Waals surface area contributed by atoms with E-state index in [0.29, 0.717) is 37.3 Å². The number of aryl methyl sites for hydroxylation is 1. The Bertz CT molecular complexity index is 755. The van der Waals surface area contributed by atoms with Crippen LogP contribution >= 0.6 is 19.6 Å². The highest BCUT2D eigenvalue weighted by Crippen LogP contribution is 2.66. The fourth-order valence-corrected chi connectivity index (χ4v) is 8.53. The highest BCUT2D eigenvalue weighted by molar-refractivity contribution is 7.81. The minimum atomic E-state index is -2.16. The topological polar surface area (TPSA) is 74.8 Å². The quantitative estimate of drug-likeness (QED) is 0.333. The Balaban J connectivity index is 1.91. The Hall–Kier alpha value is -1.09. The molecule has 0 aromatic carbocycles. The number of thiocarbonyl (C=S) groups is 1. The maximum absolute atomic E-state index is 5.62. The third-order valence-electron chi connectivity index (χ3n) is 5.01. The number of nitrogens with one attached hydrogen (secondary N) is 1. The molecule has 0 unspecified atom stereocenters. The van der Waals surface area contributed by atoms with Crippen molar-refractivity contribution >= 4 is 30.9 Å². The molecule has 3 rings (SSSR count). The fraction of sp³-hybridized carbons (Fsp3) is 0.684. The number of hydrogen-bond acceptors (Lipinski definition) is 5. The summed E-state index contributed by atoms with van der Waals surface area (Å²) in [5.41, 5.74) is 2.93. The van der Waals surface area contributed by atoms with Crippen molar-refractivity contribution in [2.24, 2.45) is 9.85 Å². The molecule has 162 valence electrons. The van der Waals surface area contributed by atoms with Crippen LogP contribution in [0.5, 0.6) is 0 Å². The van der Waals surface area contributed by atoms with E-state index < -0.39 is 7.36 Å². The summed E-state index contributed by atoms with van der Waals surface area (Å²) in [6.45, 7) is 14.9. The van der Waals surface area contributed by atoms with Gasteiger partial charge in [0, 0.05) is 31.3 Å².